The van der Waals surface area contributed by atoms with Crippen molar-refractivity contribution in [1.29, 1.82) is 0 Å². The van der Waals surface area contributed by atoms with E-state index in [4.69, 9.17) is 11.6 Å². The molecule has 0 amide bonds. The van der Waals surface area contributed by atoms with Gasteiger partial charge in [0.25, 0.3) is 0 Å². The first-order chi connectivity index (χ1) is 11.4. The third-order valence-electron chi connectivity index (χ3n) is 3.60. The van der Waals surface area contributed by atoms with Crippen LogP contribution in [0.3, 0.4) is 0 Å². The molecule has 24 heavy (non-hydrogen) atoms. The van der Waals surface area contributed by atoms with Gasteiger partial charge in [0.1, 0.15) is 12.1 Å². The van der Waals surface area contributed by atoms with Crippen LogP contribution in [0.25, 0.3) is 11.0 Å². The lowest BCUT2D eigenvalue weighted by Gasteiger charge is -2.14. The predicted molar refractivity (Wildman–Crippen MR) is 94.5 cm³/mol. The van der Waals surface area contributed by atoms with Gasteiger partial charge in [-0.1, -0.05) is 27.5 Å². The number of nitrogens with one attached hydrogen (secondary N) is 1. The molecule has 0 saturated heterocycles. The molecule has 0 atom stereocenters. The Morgan fingerprint density at radius 3 is 2.88 bits per heavy atom. The summed E-state index contributed by atoms with van der Waals surface area (Å²) >= 11 is 9.45. The fourth-order valence-corrected chi connectivity index (χ4v) is 3.10. The van der Waals surface area contributed by atoms with Crippen molar-refractivity contribution in [3.05, 3.63) is 51.5 Å². The number of hydrogen-bond donors (Lipinski definition) is 2. The predicted octanol–water partition coefficient (Wildman–Crippen LogP) is 4.05. The molecule has 8 heteroatoms. The van der Waals surface area contributed by atoms with Gasteiger partial charge in [0.05, 0.1) is 28.2 Å². The molecule has 1 heterocycles. The Hall–Kier alpha value is -1.96. The fourth-order valence-electron chi connectivity index (χ4n) is 2.38. The number of anilines is 2. The molecule has 124 valence electrons. The summed E-state index contributed by atoms with van der Waals surface area (Å²) in [5, 5.41) is 12.4. The lowest BCUT2D eigenvalue weighted by atomic mass is 10.1. The van der Waals surface area contributed by atoms with Crippen LogP contribution in [0.5, 0.6) is 0 Å². The second-order valence-electron chi connectivity index (χ2n) is 5.17. The van der Waals surface area contributed by atoms with Crippen LogP contribution in [0.1, 0.15) is 10.4 Å². The molecule has 0 saturated carbocycles. The number of Topliss-reactive ketones (excluding diaryl/α,β-unsaturated/α-hetero) is 1. The lowest BCUT2D eigenvalue weighted by molar-refractivity contribution is 0.0904. The van der Waals surface area contributed by atoms with E-state index >= 15 is 0 Å². The first-order valence-electron chi connectivity index (χ1n) is 6.92. The molecule has 3 aromatic rings. The summed E-state index contributed by atoms with van der Waals surface area (Å²) in [6, 6.07) is 6.54. The summed E-state index contributed by atoms with van der Waals surface area (Å²) in [6.45, 7) is -0.731. The van der Waals surface area contributed by atoms with Crippen molar-refractivity contribution in [2.24, 2.45) is 7.05 Å². The molecule has 0 aliphatic carbocycles. The number of fused-ring (bicyclic) bond motifs is 1. The highest BCUT2D eigenvalue weighted by atomic mass is 79.9. The van der Waals surface area contributed by atoms with E-state index in [0.717, 1.165) is 4.47 Å². The largest absolute Gasteiger partial charge is 0.388 e. The quantitative estimate of drug-likeness (QED) is 0.635. The summed E-state index contributed by atoms with van der Waals surface area (Å²) in [5.74, 6) is -1.28. The number of imidazole rings is 1. The molecule has 0 aliphatic rings. The van der Waals surface area contributed by atoms with Crippen LogP contribution in [-0.4, -0.2) is 27.0 Å². The second kappa shape index (κ2) is 6.51. The van der Waals surface area contributed by atoms with E-state index in [1.807, 2.05) is 0 Å². The molecule has 0 aliphatic heterocycles. The Bertz CT molecular complexity index is 958. The normalized spacial score (nSPS) is 11.0. The van der Waals surface area contributed by atoms with Gasteiger partial charge < -0.3 is 15.0 Å². The molecule has 0 radical (unpaired) electrons. The van der Waals surface area contributed by atoms with Gasteiger partial charge in [0, 0.05) is 17.1 Å². The lowest BCUT2D eigenvalue weighted by Crippen LogP contribution is -2.10. The zero-order valence-corrected chi connectivity index (χ0v) is 14.8. The van der Waals surface area contributed by atoms with Gasteiger partial charge in [-0.2, -0.15) is 0 Å². The van der Waals surface area contributed by atoms with Gasteiger partial charge in [-0.25, -0.2) is 9.37 Å². The summed E-state index contributed by atoms with van der Waals surface area (Å²) < 4.78 is 17.3. The molecule has 0 spiro atoms. The van der Waals surface area contributed by atoms with Crippen LogP contribution in [0.2, 0.25) is 5.02 Å². The van der Waals surface area contributed by atoms with Gasteiger partial charge in [0.15, 0.2) is 11.6 Å². The molecule has 0 unspecified atom stereocenters. The minimum atomic E-state index is -0.731. The van der Waals surface area contributed by atoms with E-state index in [1.54, 1.807) is 29.8 Å². The number of aromatic nitrogens is 2. The average Bonchev–Trinajstić information content (AvgIpc) is 2.92. The molecule has 3 rings (SSSR count). The number of ketones is 1. The van der Waals surface area contributed by atoms with E-state index in [9.17, 15) is 14.3 Å². The maximum Gasteiger partial charge on any atom is 0.190 e. The van der Waals surface area contributed by atoms with Gasteiger partial charge in [0.2, 0.25) is 0 Å². The number of hydrogen-bond acceptors (Lipinski definition) is 4. The Kier molecular flexibility index (Phi) is 4.58. The van der Waals surface area contributed by atoms with E-state index in [-0.39, 0.29) is 16.8 Å². The molecule has 5 nitrogen and oxygen atoms in total. The van der Waals surface area contributed by atoms with E-state index in [0.29, 0.717) is 16.2 Å². The number of aryl methyl sites for hydroxylation is 1. The van der Waals surface area contributed by atoms with Gasteiger partial charge in [-0.3, -0.25) is 4.79 Å². The number of aliphatic hydroxyl groups excluding tert-OH is 1. The van der Waals surface area contributed by atoms with Crippen LogP contribution in [0, 0.1) is 5.82 Å². The fraction of sp³-hybridized carbons (Fsp3) is 0.125. The van der Waals surface area contributed by atoms with Crippen LogP contribution in [-0.2, 0) is 7.05 Å². The molecule has 0 fully saturated rings. The third kappa shape index (κ3) is 2.90. The number of halogens is 3. The van der Waals surface area contributed by atoms with E-state index < -0.39 is 18.2 Å². The highest BCUT2D eigenvalue weighted by Gasteiger charge is 2.21. The maximum absolute atomic E-state index is 14.9. The first-order valence-corrected chi connectivity index (χ1v) is 8.09. The van der Waals surface area contributed by atoms with Gasteiger partial charge in [-0.15, -0.1) is 0 Å². The first kappa shape index (κ1) is 16.9. The zero-order valence-electron chi connectivity index (χ0n) is 12.5. The van der Waals surface area contributed by atoms with Crippen molar-refractivity contribution in [3.63, 3.8) is 0 Å². The van der Waals surface area contributed by atoms with Crippen molar-refractivity contribution in [3.8, 4) is 0 Å². The number of carbonyl (C=O) groups is 1. The Morgan fingerprint density at radius 2 is 2.21 bits per heavy atom. The smallest absolute Gasteiger partial charge is 0.190 e. The average molecular weight is 413 g/mol. The topological polar surface area (TPSA) is 67.2 Å². The highest BCUT2D eigenvalue weighted by Crippen LogP contribution is 2.34. The minimum absolute atomic E-state index is 0.0325. The van der Waals surface area contributed by atoms with Crippen LogP contribution >= 0.6 is 27.5 Å². The maximum atomic E-state index is 14.9. The summed E-state index contributed by atoms with van der Waals surface area (Å²) in [7, 11) is 1.70. The Balaban J connectivity index is 2.21. The monoisotopic (exact) mass is 411 g/mol. The summed E-state index contributed by atoms with van der Waals surface area (Å²) in [5.41, 5.74) is 0.982. The second-order valence-corrected chi connectivity index (χ2v) is 6.49. The van der Waals surface area contributed by atoms with Crippen LogP contribution < -0.4 is 5.32 Å². The number of carbonyl (C=O) groups excluding carboxylic acids is 1. The van der Waals surface area contributed by atoms with Crippen molar-refractivity contribution in [1.82, 2.24) is 9.55 Å². The Morgan fingerprint density at radius 1 is 1.46 bits per heavy atom. The molecular formula is C16H12BrClFN3O2. The summed E-state index contributed by atoms with van der Waals surface area (Å²) in [6.07, 6.45) is 1.46. The Labute approximate surface area is 150 Å². The summed E-state index contributed by atoms with van der Waals surface area (Å²) in [4.78, 5) is 16.1. The molecule has 0 bridgehead atoms. The molecular weight excluding hydrogens is 401 g/mol. The van der Waals surface area contributed by atoms with Crippen molar-refractivity contribution >= 4 is 55.7 Å². The number of aliphatic hydroxyl groups is 1. The SMILES string of the molecule is Cn1cnc2c(F)c(Nc3ccc(Br)cc3Cl)c(C(=O)CO)cc21. The molecule has 2 aromatic carbocycles. The van der Waals surface area contributed by atoms with Crippen molar-refractivity contribution in [2.45, 2.75) is 0 Å². The number of nitrogens with zero attached hydrogens (tertiary/aromatic N) is 2. The minimum Gasteiger partial charge on any atom is -0.388 e. The van der Waals surface area contributed by atoms with E-state index in [2.05, 4.69) is 26.2 Å². The standard InChI is InChI=1S/C16H12BrClFN3O2/c1-22-7-20-16-12(22)5-9(13(24)6-23)15(14(16)19)21-11-3-2-8(17)4-10(11)18/h2-5,7,21,23H,6H2,1H3. The van der Waals surface area contributed by atoms with Gasteiger partial charge in [-0.05, 0) is 24.3 Å². The van der Waals surface area contributed by atoms with E-state index in [1.165, 1.54) is 12.4 Å². The zero-order chi connectivity index (χ0) is 17.4. The number of benzene rings is 2. The molecule has 1 aromatic heterocycles. The highest BCUT2D eigenvalue weighted by molar-refractivity contribution is 9.10. The van der Waals surface area contributed by atoms with Crippen molar-refractivity contribution < 1.29 is 14.3 Å². The van der Waals surface area contributed by atoms with Crippen LogP contribution in [0.15, 0.2) is 35.1 Å². The van der Waals surface area contributed by atoms with Gasteiger partial charge >= 0.3 is 0 Å². The molecule has 2 N–H and O–H groups in total. The van der Waals surface area contributed by atoms with Crippen LogP contribution in [0.4, 0.5) is 15.8 Å². The number of rotatable bonds is 4. The third-order valence-corrected chi connectivity index (χ3v) is 4.40. The van der Waals surface area contributed by atoms with Crippen molar-refractivity contribution in [2.75, 3.05) is 11.9 Å².